The second-order valence-electron chi connectivity index (χ2n) is 7.38. The molecule has 0 bridgehead atoms. The molecule has 0 spiro atoms. The number of fused-ring (bicyclic) bond motifs is 1. The number of H-pyrrole nitrogens is 1. The fourth-order valence-corrected chi connectivity index (χ4v) is 4.26. The summed E-state index contributed by atoms with van der Waals surface area (Å²) in [5.74, 6) is 0.818. The van der Waals surface area contributed by atoms with Gasteiger partial charge in [-0.15, -0.1) is 0 Å². The lowest BCUT2D eigenvalue weighted by Gasteiger charge is -2.36. The van der Waals surface area contributed by atoms with Gasteiger partial charge in [-0.1, -0.05) is 30.3 Å². The Balaban J connectivity index is 1.27. The van der Waals surface area contributed by atoms with E-state index in [9.17, 15) is 0 Å². The first-order valence-electron chi connectivity index (χ1n) is 9.32. The van der Waals surface area contributed by atoms with Crippen LogP contribution in [0.2, 0.25) is 0 Å². The zero-order chi connectivity index (χ0) is 17.1. The molecule has 132 valence electrons. The predicted molar refractivity (Wildman–Crippen MR) is 103 cm³/mol. The van der Waals surface area contributed by atoms with Crippen molar-refractivity contribution in [1.82, 2.24) is 19.8 Å². The van der Waals surface area contributed by atoms with Gasteiger partial charge >= 0.3 is 0 Å². The summed E-state index contributed by atoms with van der Waals surface area (Å²) < 4.78 is 0.606. The Morgan fingerprint density at radius 3 is 2.68 bits per heavy atom. The fraction of sp³-hybridized carbons (Fsp3) is 0.500. The molecular weight excluding hydrogens is 328 g/mol. The molecule has 4 rings (SSSR count). The molecule has 1 saturated heterocycles. The summed E-state index contributed by atoms with van der Waals surface area (Å²) in [7, 11) is 0. The highest BCUT2D eigenvalue weighted by Gasteiger charge is 2.24. The summed E-state index contributed by atoms with van der Waals surface area (Å²) in [6.07, 6.45) is 5.65. The molecule has 4 nitrogen and oxygen atoms in total. The third kappa shape index (κ3) is 4.35. The third-order valence-electron chi connectivity index (χ3n) is 5.53. The normalized spacial score (nSPS) is 19.7. The molecule has 2 aromatic rings. The Bertz CT molecular complexity index is 750. The molecule has 1 aromatic heterocycles. The van der Waals surface area contributed by atoms with Gasteiger partial charge in [-0.05, 0) is 61.6 Å². The van der Waals surface area contributed by atoms with E-state index in [0.29, 0.717) is 4.77 Å². The summed E-state index contributed by atoms with van der Waals surface area (Å²) in [4.78, 5) is 12.7. The van der Waals surface area contributed by atoms with Crippen molar-refractivity contribution in [3.63, 3.8) is 0 Å². The van der Waals surface area contributed by atoms with E-state index in [-0.39, 0.29) is 0 Å². The predicted octanol–water partition coefficient (Wildman–Crippen LogP) is 3.41. The van der Waals surface area contributed by atoms with Crippen LogP contribution in [0.25, 0.3) is 0 Å². The zero-order valence-electron chi connectivity index (χ0n) is 14.7. The minimum Gasteiger partial charge on any atom is -0.333 e. The number of rotatable bonds is 4. The molecule has 1 N–H and O–H groups in total. The number of hydrogen-bond donors (Lipinski definition) is 1. The van der Waals surface area contributed by atoms with Gasteiger partial charge in [0.05, 0.1) is 0 Å². The number of benzene rings is 1. The Morgan fingerprint density at radius 1 is 1.08 bits per heavy atom. The van der Waals surface area contributed by atoms with E-state index in [1.165, 1.54) is 49.3 Å². The van der Waals surface area contributed by atoms with E-state index in [2.05, 4.69) is 50.1 Å². The van der Waals surface area contributed by atoms with Gasteiger partial charge in [-0.25, -0.2) is 4.98 Å². The van der Waals surface area contributed by atoms with Crippen LogP contribution in [0.5, 0.6) is 0 Å². The van der Waals surface area contributed by atoms with Gasteiger partial charge in [0.25, 0.3) is 0 Å². The van der Waals surface area contributed by atoms with Crippen LogP contribution >= 0.6 is 12.2 Å². The van der Waals surface area contributed by atoms with Crippen molar-refractivity contribution in [2.75, 3.05) is 26.2 Å². The van der Waals surface area contributed by atoms with Crippen molar-refractivity contribution in [3.8, 4) is 0 Å². The van der Waals surface area contributed by atoms with E-state index in [0.717, 1.165) is 32.0 Å². The Labute approximate surface area is 154 Å². The van der Waals surface area contributed by atoms with Crippen LogP contribution in [-0.4, -0.2) is 45.9 Å². The molecule has 0 amide bonds. The highest BCUT2D eigenvalue weighted by molar-refractivity contribution is 7.71. The van der Waals surface area contributed by atoms with Crippen molar-refractivity contribution in [3.05, 3.63) is 58.1 Å². The molecule has 5 heteroatoms. The number of nitrogens with one attached hydrogen (secondary N) is 1. The molecule has 0 aliphatic carbocycles. The summed E-state index contributed by atoms with van der Waals surface area (Å²) in [6, 6.07) is 10.8. The second-order valence-corrected chi connectivity index (χ2v) is 7.77. The monoisotopic (exact) mass is 354 g/mol. The van der Waals surface area contributed by atoms with Crippen LogP contribution in [0.15, 0.2) is 36.5 Å². The molecule has 0 atom stereocenters. The summed E-state index contributed by atoms with van der Waals surface area (Å²) in [5, 5.41) is 0. The van der Waals surface area contributed by atoms with Gasteiger partial charge < -0.3 is 4.98 Å². The van der Waals surface area contributed by atoms with Crippen LogP contribution in [0, 0.1) is 10.7 Å². The largest absolute Gasteiger partial charge is 0.333 e. The van der Waals surface area contributed by atoms with E-state index in [4.69, 9.17) is 12.2 Å². The zero-order valence-corrected chi connectivity index (χ0v) is 15.5. The number of aromatic amines is 1. The number of hydrogen-bond acceptors (Lipinski definition) is 4. The molecule has 0 unspecified atom stereocenters. The van der Waals surface area contributed by atoms with Crippen molar-refractivity contribution in [2.24, 2.45) is 5.92 Å². The van der Waals surface area contributed by atoms with Crippen LogP contribution < -0.4 is 0 Å². The van der Waals surface area contributed by atoms with Gasteiger partial charge in [-0.3, -0.25) is 9.80 Å². The molecule has 1 aromatic carbocycles. The van der Waals surface area contributed by atoms with Crippen LogP contribution in [-0.2, 0) is 19.5 Å². The molecule has 2 aliphatic heterocycles. The summed E-state index contributed by atoms with van der Waals surface area (Å²) in [6.45, 7) is 6.87. The molecule has 0 radical (unpaired) electrons. The topological polar surface area (TPSA) is 35.2 Å². The smallest absolute Gasteiger partial charge is 0.196 e. The minimum absolute atomic E-state index is 0.606. The number of likely N-dealkylation sites (tertiary alicyclic amines) is 1. The van der Waals surface area contributed by atoms with Gasteiger partial charge in [-0.2, -0.15) is 0 Å². The van der Waals surface area contributed by atoms with Gasteiger partial charge in [0.1, 0.15) is 0 Å². The van der Waals surface area contributed by atoms with Crippen molar-refractivity contribution < 1.29 is 0 Å². The van der Waals surface area contributed by atoms with Crippen molar-refractivity contribution in [1.29, 1.82) is 0 Å². The Morgan fingerprint density at radius 2 is 1.88 bits per heavy atom. The second kappa shape index (κ2) is 7.77. The lowest BCUT2D eigenvalue weighted by molar-refractivity contribution is 0.131. The molecule has 1 fully saturated rings. The van der Waals surface area contributed by atoms with E-state index in [1.54, 1.807) is 0 Å². The highest BCUT2D eigenvalue weighted by atomic mass is 32.1. The van der Waals surface area contributed by atoms with E-state index < -0.39 is 0 Å². The van der Waals surface area contributed by atoms with Crippen molar-refractivity contribution in [2.45, 2.75) is 32.4 Å². The quantitative estimate of drug-likeness (QED) is 0.854. The van der Waals surface area contributed by atoms with E-state index >= 15 is 0 Å². The SMILES string of the molecule is S=c1ncc2c([nH]1)CN(CC1CCN(Cc3ccccc3)CC1)CC2. The average Bonchev–Trinajstić information content (AvgIpc) is 2.64. The standard InChI is InChI=1S/C20H26N4S/c25-20-21-12-18-8-11-24(15-19(18)22-20)14-17-6-9-23(10-7-17)13-16-4-2-1-3-5-16/h1-5,12,17H,6-11,13-15H2,(H,21,22,25). The molecule has 2 aliphatic rings. The Kier molecular flexibility index (Phi) is 5.25. The number of aromatic nitrogens is 2. The molecule has 25 heavy (non-hydrogen) atoms. The van der Waals surface area contributed by atoms with Crippen LogP contribution in [0.4, 0.5) is 0 Å². The summed E-state index contributed by atoms with van der Waals surface area (Å²) in [5.41, 5.74) is 4.03. The van der Waals surface area contributed by atoms with E-state index in [1.807, 2.05) is 6.20 Å². The molecule has 3 heterocycles. The maximum atomic E-state index is 5.17. The first kappa shape index (κ1) is 16.9. The summed E-state index contributed by atoms with van der Waals surface area (Å²) >= 11 is 5.17. The molecule has 0 saturated carbocycles. The lowest BCUT2D eigenvalue weighted by atomic mass is 9.94. The first-order chi connectivity index (χ1) is 12.3. The molecular formula is C20H26N4S. The number of piperidine rings is 1. The lowest BCUT2D eigenvalue weighted by Crippen LogP contribution is -2.40. The van der Waals surface area contributed by atoms with Crippen molar-refractivity contribution >= 4 is 12.2 Å². The highest BCUT2D eigenvalue weighted by Crippen LogP contribution is 2.23. The van der Waals surface area contributed by atoms with Gasteiger partial charge in [0.15, 0.2) is 4.77 Å². The average molecular weight is 355 g/mol. The van der Waals surface area contributed by atoms with Crippen LogP contribution in [0.1, 0.15) is 29.7 Å². The minimum atomic E-state index is 0.606. The third-order valence-corrected chi connectivity index (χ3v) is 5.74. The Hall–Kier alpha value is -1.56. The van der Waals surface area contributed by atoms with Crippen LogP contribution in [0.3, 0.4) is 0 Å². The maximum Gasteiger partial charge on any atom is 0.196 e. The van der Waals surface area contributed by atoms with Gasteiger partial charge in [0.2, 0.25) is 0 Å². The first-order valence-corrected chi connectivity index (χ1v) is 9.73. The number of nitrogens with zero attached hydrogens (tertiary/aromatic N) is 3. The maximum absolute atomic E-state index is 5.17. The fourth-order valence-electron chi connectivity index (χ4n) is 4.08. The van der Waals surface area contributed by atoms with Gasteiger partial charge in [0, 0.05) is 38.1 Å².